The van der Waals surface area contributed by atoms with Gasteiger partial charge in [-0.3, -0.25) is 4.79 Å². The van der Waals surface area contributed by atoms with Crippen molar-refractivity contribution in [2.75, 3.05) is 12.3 Å². The second kappa shape index (κ2) is 8.81. The molecule has 0 aromatic carbocycles. The van der Waals surface area contributed by atoms with E-state index in [2.05, 4.69) is 17.0 Å². The summed E-state index contributed by atoms with van der Waals surface area (Å²) in [7, 11) is -3.55. The third kappa shape index (κ3) is 7.42. The molecular weight excluding hydrogens is 302 g/mol. The quantitative estimate of drug-likeness (QED) is 0.656. The van der Waals surface area contributed by atoms with Gasteiger partial charge in [0.15, 0.2) is 0 Å². The monoisotopic (exact) mass is 327 g/mol. The molecule has 6 nitrogen and oxygen atoms in total. The maximum absolute atomic E-state index is 11.9. The van der Waals surface area contributed by atoms with Gasteiger partial charge in [0.1, 0.15) is 5.75 Å². The molecule has 0 spiro atoms. The molecule has 0 unspecified atom stereocenters. The lowest BCUT2D eigenvalue weighted by Gasteiger charge is -2.26. The molecule has 0 heterocycles. The summed E-state index contributed by atoms with van der Waals surface area (Å²) >= 11 is 0. The molecule has 0 aromatic rings. The van der Waals surface area contributed by atoms with Crippen LogP contribution in [-0.2, 0) is 14.8 Å². The lowest BCUT2D eigenvalue weighted by molar-refractivity contribution is -0.119. The zero-order valence-electron chi connectivity index (χ0n) is 12.1. The zero-order chi connectivity index (χ0) is 14.5. The fourth-order valence-electron chi connectivity index (χ4n) is 2.22. The summed E-state index contributed by atoms with van der Waals surface area (Å²) in [4.78, 5) is 11.5. The molecule has 1 fully saturated rings. The number of nitrogens with two attached hydrogens (primary N) is 1. The second-order valence-corrected chi connectivity index (χ2v) is 7.29. The van der Waals surface area contributed by atoms with Gasteiger partial charge < -0.3 is 11.1 Å². The van der Waals surface area contributed by atoms with Crippen LogP contribution in [0.4, 0.5) is 0 Å². The Morgan fingerprint density at radius 1 is 1.30 bits per heavy atom. The van der Waals surface area contributed by atoms with Crippen LogP contribution in [0.5, 0.6) is 0 Å². The summed E-state index contributed by atoms with van der Waals surface area (Å²) in [5.41, 5.74) is 5.37. The minimum Gasteiger partial charge on any atom is -0.351 e. The van der Waals surface area contributed by atoms with Crippen LogP contribution in [0.3, 0.4) is 0 Å². The maximum atomic E-state index is 11.9. The number of amides is 1. The van der Waals surface area contributed by atoms with Crippen LogP contribution in [0.1, 0.15) is 39.5 Å². The van der Waals surface area contributed by atoms with Crippen molar-refractivity contribution in [1.29, 1.82) is 0 Å². The molecule has 1 rings (SSSR count). The SMILES string of the molecule is CC1CCC(NS(=O)(=O)CC(=O)N[C@@H](C)CN)CC1.Cl. The van der Waals surface area contributed by atoms with E-state index in [1.54, 1.807) is 6.92 Å². The van der Waals surface area contributed by atoms with E-state index in [1.165, 1.54) is 0 Å². The maximum Gasteiger partial charge on any atom is 0.236 e. The predicted molar refractivity (Wildman–Crippen MR) is 82.2 cm³/mol. The number of carbonyl (C=O) groups is 1. The molecule has 0 aromatic heterocycles. The number of halogens is 1. The first-order chi connectivity index (χ1) is 8.82. The van der Waals surface area contributed by atoms with Gasteiger partial charge in [-0.25, -0.2) is 13.1 Å². The van der Waals surface area contributed by atoms with E-state index in [4.69, 9.17) is 5.73 Å². The molecule has 1 aliphatic rings. The Kier molecular flexibility index (Phi) is 8.65. The van der Waals surface area contributed by atoms with Gasteiger partial charge in [-0.2, -0.15) is 0 Å². The lowest BCUT2D eigenvalue weighted by atomic mass is 9.88. The third-order valence-electron chi connectivity index (χ3n) is 3.44. The Hall–Kier alpha value is -0.370. The van der Waals surface area contributed by atoms with Crippen LogP contribution in [0.25, 0.3) is 0 Å². The van der Waals surface area contributed by atoms with Gasteiger partial charge in [-0.1, -0.05) is 6.92 Å². The zero-order valence-corrected chi connectivity index (χ0v) is 13.7. The first-order valence-electron chi connectivity index (χ1n) is 6.82. The molecule has 8 heteroatoms. The standard InChI is InChI=1S/C12H25N3O3S.ClH/c1-9-3-5-11(6-4-9)15-19(17,18)8-12(16)14-10(2)7-13;/h9-11,15H,3-8,13H2,1-2H3,(H,14,16);1H/t9?,10-,11?;/m0./s1. The summed E-state index contributed by atoms with van der Waals surface area (Å²) in [6.45, 7) is 4.20. The lowest BCUT2D eigenvalue weighted by Crippen LogP contribution is -2.45. The van der Waals surface area contributed by atoms with E-state index in [0.29, 0.717) is 12.5 Å². The number of sulfonamides is 1. The second-order valence-electron chi connectivity index (χ2n) is 5.54. The van der Waals surface area contributed by atoms with E-state index in [9.17, 15) is 13.2 Å². The third-order valence-corrected chi connectivity index (χ3v) is 4.78. The van der Waals surface area contributed by atoms with Crippen molar-refractivity contribution in [3.05, 3.63) is 0 Å². The first kappa shape index (κ1) is 19.6. The minimum absolute atomic E-state index is 0. The molecule has 20 heavy (non-hydrogen) atoms. The highest BCUT2D eigenvalue weighted by atomic mass is 35.5. The average molecular weight is 328 g/mol. The summed E-state index contributed by atoms with van der Waals surface area (Å²) in [5.74, 6) is -0.368. The van der Waals surface area contributed by atoms with Crippen molar-refractivity contribution in [3.8, 4) is 0 Å². The number of rotatable bonds is 6. The molecular formula is C12H26ClN3O3S. The highest BCUT2D eigenvalue weighted by molar-refractivity contribution is 7.90. The Bertz CT molecular complexity index is 395. The average Bonchev–Trinajstić information content (AvgIpc) is 2.30. The number of hydrogen-bond acceptors (Lipinski definition) is 4. The Labute approximate surface area is 127 Å². The Morgan fingerprint density at radius 3 is 2.35 bits per heavy atom. The van der Waals surface area contributed by atoms with E-state index >= 15 is 0 Å². The van der Waals surface area contributed by atoms with Gasteiger partial charge in [0.2, 0.25) is 15.9 Å². The van der Waals surface area contributed by atoms with Gasteiger partial charge in [-0.05, 0) is 38.5 Å². The fourth-order valence-corrected chi connectivity index (χ4v) is 3.48. The molecule has 1 saturated carbocycles. The summed E-state index contributed by atoms with van der Waals surface area (Å²) < 4.78 is 26.3. The van der Waals surface area contributed by atoms with Crippen molar-refractivity contribution in [2.24, 2.45) is 11.7 Å². The molecule has 120 valence electrons. The molecule has 1 amide bonds. The van der Waals surface area contributed by atoms with Crippen LogP contribution in [-0.4, -0.2) is 38.7 Å². The number of carbonyl (C=O) groups excluding carboxylic acids is 1. The number of nitrogens with one attached hydrogen (secondary N) is 2. The van der Waals surface area contributed by atoms with Crippen molar-refractivity contribution in [3.63, 3.8) is 0 Å². The molecule has 0 aliphatic heterocycles. The van der Waals surface area contributed by atoms with Crippen molar-refractivity contribution < 1.29 is 13.2 Å². The van der Waals surface area contributed by atoms with Crippen molar-refractivity contribution in [2.45, 2.75) is 51.6 Å². The van der Waals surface area contributed by atoms with Crippen LogP contribution >= 0.6 is 12.4 Å². The largest absolute Gasteiger partial charge is 0.351 e. The van der Waals surface area contributed by atoms with Crippen LogP contribution in [0.2, 0.25) is 0 Å². The molecule has 4 N–H and O–H groups in total. The highest BCUT2D eigenvalue weighted by Gasteiger charge is 2.24. The van der Waals surface area contributed by atoms with E-state index in [-0.39, 0.29) is 24.5 Å². The molecule has 0 bridgehead atoms. The van der Waals surface area contributed by atoms with Gasteiger partial charge in [0.25, 0.3) is 0 Å². The predicted octanol–water partition coefficient (Wildman–Crippen LogP) is 0.370. The highest BCUT2D eigenvalue weighted by Crippen LogP contribution is 2.23. The van der Waals surface area contributed by atoms with E-state index < -0.39 is 21.7 Å². The normalized spacial score (nSPS) is 24.6. The fraction of sp³-hybridized carbons (Fsp3) is 0.917. The number of hydrogen-bond donors (Lipinski definition) is 3. The molecule has 0 radical (unpaired) electrons. The van der Waals surface area contributed by atoms with Gasteiger partial charge in [-0.15, -0.1) is 12.4 Å². The van der Waals surface area contributed by atoms with Crippen molar-refractivity contribution in [1.82, 2.24) is 10.0 Å². The smallest absolute Gasteiger partial charge is 0.236 e. The first-order valence-corrected chi connectivity index (χ1v) is 8.47. The van der Waals surface area contributed by atoms with Crippen LogP contribution < -0.4 is 15.8 Å². The minimum atomic E-state index is -3.55. The topological polar surface area (TPSA) is 101 Å². The van der Waals surface area contributed by atoms with E-state index in [1.807, 2.05) is 0 Å². The molecule has 1 atom stereocenters. The summed E-state index contributed by atoms with van der Waals surface area (Å²) in [6.07, 6.45) is 3.76. The van der Waals surface area contributed by atoms with Gasteiger partial charge in [0.05, 0.1) is 0 Å². The summed E-state index contributed by atoms with van der Waals surface area (Å²) in [6, 6.07) is -0.237. The Morgan fingerprint density at radius 2 is 1.85 bits per heavy atom. The Balaban J connectivity index is 0.00000361. The van der Waals surface area contributed by atoms with Crippen molar-refractivity contribution >= 4 is 28.3 Å². The van der Waals surface area contributed by atoms with Gasteiger partial charge in [0, 0.05) is 18.6 Å². The van der Waals surface area contributed by atoms with Crippen LogP contribution in [0.15, 0.2) is 0 Å². The summed E-state index contributed by atoms with van der Waals surface area (Å²) in [5, 5.41) is 2.55. The van der Waals surface area contributed by atoms with Crippen LogP contribution in [0, 0.1) is 5.92 Å². The molecule has 1 aliphatic carbocycles. The molecule has 0 saturated heterocycles. The van der Waals surface area contributed by atoms with Gasteiger partial charge >= 0.3 is 0 Å². The van der Waals surface area contributed by atoms with E-state index in [0.717, 1.165) is 25.7 Å².